The summed E-state index contributed by atoms with van der Waals surface area (Å²) in [4.78, 5) is 0. The Labute approximate surface area is 98.1 Å². The highest BCUT2D eigenvalue weighted by molar-refractivity contribution is 5.26. The molecule has 0 saturated carbocycles. The molecule has 0 aliphatic heterocycles. The topological polar surface area (TPSA) is 12.0 Å². The Bertz CT molecular complexity index is 347. The van der Waals surface area contributed by atoms with Crippen molar-refractivity contribution in [3.63, 3.8) is 0 Å². The summed E-state index contributed by atoms with van der Waals surface area (Å²) < 4.78 is 13.5. The largest absolute Gasteiger partial charge is 0.313 e. The zero-order valence-electron chi connectivity index (χ0n) is 10.8. The minimum Gasteiger partial charge on any atom is -0.313 e. The van der Waals surface area contributed by atoms with Crippen molar-refractivity contribution in [2.45, 2.75) is 33.7 Å². The molecule has 0 aromatic heterocycles. The molecule has 1 rings (SSSR count). The van der Waals surface area contributed by atoms with Gasteiger partial charge in [0.15, 0.2) is 0 Å². The molecule has 2 atom stereocenters. The van der Waals surface area contributed by atoms with Gasteiger partial charge in [0.05, 0.1) is 0 Å². The van der Waals surface area contributed by atoms with Crippen LogP contribution in [0.4, 0.5) is 4.39 Å². The fourth-order valence-electron chi connectivity index (χ4n) is 1.92. The summed E-state index contributed by atoms with van der Waals surface area (Å²) in [6.07, 6.45) is 0. The zero-order valence-corrected chi connectivity index (χ0v) is 10.8. The van der Waals surface area contributed by atoms with Crippen LogP contribution < -0.4 is 5.32 Å². The van der Waals surface area contributed by atoms with Crippen LogP contribution in [0.15, 0.2) is 18.2 Å². The van der Waals surface area contributed by atoms with Gasteiger partial charge in [-0.1, -0.05) is 32.9 Å². The van der Waals surface area contributed by atoms with Gasteiger partial charge >= 0.3 is 0 Å². The second kappa shape index (κ2) is 5.44. The lowest BCUT2D eigenvalue weighted by Gasteiger charge is -2.27. The van der Waals surface area contributed by atoms with Gasteiger partial charge in [-0.15, -0.1) is 0 Å². The van der Waals surface area contributed by atoms with Crippen molar-refractivity contribution in [1.82, 2.24) is 5.32 Å². The Morgan fingerprint density at radius 2 is 1.81 bits per heavy atom. The summed E-state index contributed by atoms with van der Waals surface area (Å²) in [5, 5.41) is 3.28. The van der Waals surface area contributed by atoms with E-state index in [-0.39, 0.29) is 11.9 Å². The third-order valence-electron chi connectivity index (χ3n) is 3.44. The molecule has 1 aromatic rings. The zero-order chi connectivity index (χ0) is 12.3. The summed E-state index contributed by atoms with van der Waals surface area (Å²) in [5.74, 6) is 0.933. The van der Waals surface area contributed by atoms with Crippen LogP contribution in [0, 0.1) is 24.6 Å². The van der Waals surface area contributed by atoms with Crippen molar-refractivity contribution in [3.8, 4) is 0 Å². The average molecular weight is 223 g/mol. The first-order valence-electron chi connectivity index (χ1n) is 5.90. The highest BCUT2D eigenvalue weighted by atomic mass is 19.1. The first-order valence-corrected chi connectivity index (χ1v) is 5.90. The normalized spacial score (nSPS) is 15.2. The minimum atomic E-state index is -0.117. The van der Waals surface area contributed by atoms with Gasteiger partial charge in [-0.05, 0) is 43.0 Å². The van der Waals surface area contributed by atoms with E-state index in [1.165, 1.54) is 0 Å². The maximum Gasteiger partial charge on any atom is 0.126 e. The van der Waals surface area contributed by atoms with Gasteiger partial charge in [0.1, 0.15) is 5.82 Å². The predicted molar refractivity (Wildman–Crippen MR) is 66.9 cm³/mol. The van der Waals surface area contributed by atoms with Crippen LogP contribution in [0.25, 0.3) is 0 Å². The summed E-state index contributed by atoms with van der Waals surface area (Å²) >= 11 is 0. The highest BCUT2D eigenvalue weighted by Gasteiger charge is 2.20. The van der Waals surface area contributed by atoms with E-state index in [2.05, 4.69) is 26.1 Å². The van der Waals surface area contributed by atoms with Gasteiger partial charge in [-0.25, -0.2) is 4.39 Å². The van der Waals surface area contributed by atoms with E-state index in [4.69, 9.17) is 0 Å². The van der Waals surface area contributed by atoms with Crippen molar-refractivity contribution >= 4 is 0 Å². The van der Waals surface area contributed by atoms with Crippen LogP contribution in [-0.2, 0) is 0 Å². The summed E-state index contributed by atoms with van der Waals surface area (Å²) in [6.45, 7) is 8.38. The van der Waals surface area contributed by atoms with Gasteiger partial charge in [0.2, 0.25) is 0 Å². The van der Waals surface area contributed by atoms with Crippen LogP contribution in [0.1, 0.15) is 37.9 Å². The summed E-state index contributed by atoms with van der Waals surface area (Å²) in [5.41, 5.74) is 1.74. The minimum absolute atomic E-state index is 0.117. The Hall–Kier alpha value is -0.890. The van der Waals surface area contributed by atoms with Gasteiger partial charge in [0, 0.05) is 6.04 Å². The van der Waals surface area contributed by atoms with Crippen molar-refractivity contribution in [1.29, 1.82) is 0 Å². The van der Waals surface area contributed by atoms with E-state index in [1.54, 1.807) is 13.0 Å². The molecular formula is C14H22FN. The van der Waals surface area contributed by atoms with E-state index in [0.29, 0.717) is 17.4 Å². The Balaban J connectivity index is 2.99. The molecule has 0 spiro atoms. The molecule has 2 unspecified atom stereocenters. The van der Waals surface area contributed by atoms with E-state index >= 15 is 0 Å². The van der Waals surface area contributed by atoms with Crippen LogP contribution >= 0.6 is 0 Å². The third-order valence-corrected chi connectivity index (χ3v) is 3.44. The molecule has 0 radical (unpaired) electrons. The second-order valence-corrected chi connectivity index (χ2v) is 4.88. The van der Waals surface area contributed by atoms with Crippen molar-refractivity contribution in [2.75, 3.05) is 7.05 Å². The standard InChI is InChI=1S/C14H22FN/c1-9(2)11(4)14(16-5)12-7-6-10(3)13(15)8-12/h6-9,11,14,16H,1-5H3. The molecule has 2 heteroatoms. The number of rotatable bonds is 4. The predicted octanol–water partition coefficient (Wildman–Crippen LogP) is 3.69. The quantitative estimate of drug-likeness (QED) is 0.821. The Morgan fingerprint density at radius 3 is 2.25 bits per heavy atom. The van der Waals surface area contributed by atoms with Crippen molar-refractivity contribution in [3.05, 3.63) is 35.1 Å². The lowest BCUT2D eigenvalue weighted by atomic mass is 9.86. The molecule has 0 heterocycles. The number of hydrogen-bond acceptors (Lipinski definition) is 1. The number of aryl methyl sites for hydroxylation is 1. The van der Waals surface area contributed by atoms with Crippen LogP contribution in [-0.4, -0.2) is 7.05 Å². The third kappa shape index (κ3) is 2.82. The highest BCUT2D eigenvalue weighted by Crippen LogP contribution is 2.28. The van der Waals surface area contributed by atoms with E-state index < -0.39 is 0 Å². The van der Waals surface area contributed by atoms with Gasteiger partial charge < -0.3 is 5.32 Å². The molecular weight excluding hydrogens is 201 g/mol. The van der Waals surface area contributed by atoms with Crippen molar-refractivity contribution < 1.29 is 4.39 Å². The smallest absolute Gasteiger partial charge is 0.126 e. The fourth-order valence-corrected chi connectivity index (χ4v) is 1.92. The number of halogens is 1. The van der Waals surface area contributed by atoms with Gasteiger partial charge in [-0.2, -0.15) is 0 Å². The molecule has 1 aromatic carbocycles. The van der Waals surface area contributed by atoms with E-state index in [0.717, 1.165) is 5.56 Å². The molecule has 0 bridgehead atoms. The molecule has 1 nitrogen and oxygen atoms in total. The van der Waals surface area contributed by atoms with Gasteiger partial charge in [0.25, 0.3) is 0 Å². The lowest BCUT2D eigenvalue weighted by Crippen LogP contribution is -2.26. The Kier molecular flexibility index (Phi) is 4.48. The van der Waals surface area contributed by atoms with Crippen molar-refractivity contribution in [2.24, 2.45) is 11.8 Å². The summed E-state index contributed by atoms with van der Waals surface area (Å²) in [6, 6.07) is 5.73. The fraction of sp³-hybridized carbons (Fsp3) is 0.571. The van der Waals surface area contributed by atoms with Crippen LogP contribution in [0.2, 0.25) is 0 Å². The molecule has 0 aliphatic rings. The molecule has 16 heavy (non-hydrogen) atoms. The molecule has 0 saturated heterocycles. The molecule has 0 aliphatic carbocycles. The average Bonchev–Trinajstić information content (AvgIpc) is 2.24. The lowest BCUT2D eigenvalue weighted by molar-refractivity contribution is 0.316. The molecule has 1 N–H and O–H groups in total. The molecule has 90 valence electrons. The van der Waals surface area contributed by atoms with Crippen LogP contribution in [0.5, 0.6) is 0 Å². The Morgan fingerprint density at radius 1 is 1.19 bits per heavy atom. The number of hydrogen-bond donors (Lipinski definition) is 1. The second-order valence-electron chi connectivity index (χ2n) is 4.88. The molecule has 0 fully saturated rings. The SMILES string of the molecule is CNC(c1ccc(C)c(F)c1)C(C)C(C)C. The van der Waals surface area contributed by atoms with Gasteiger partial charge in [-0.3, -0.25) is 0 Å². The first-order chi connectivity index (χ1) is 7.47. The van der Waals surface area contributed by atoms with E-state index in [9.17, 15) is 4.39 Å². The van der Waals surface area contributed by atoms with Crippen LogP contribution in [0.3, 0.4) is 0 Å². The first kappa shape index (κ1) is 13.2. The summed E-state index contributed by atoms with van der Waals surface area (Å²) in [7, 11) is 1.93. The molecule has 0 amide bonds. The number of benzene rings is 1. The maximum absolute atomic E-state index is 13.5. The van der Waals surface area contributed by atoms with E-state index in [1.807, 2.05) is 19.2 Å². The monoisotopic (exact) mass is 223 g/mol. The maximum atomic E-state index is 13.5. The number of nitrogens with one attached hydrogen (secondary N) is 1.